The van der Waals surface area contributed by atoms with Gasteiger partial charge in [-0.05, 0) is 12.8 Å². The van der Waals surface area contributed by atoms with Gasteiger partial charge in [0.25, 0.3) is 0 Å². The number of rotatable bonds is 11. The van der Waals surface area contributed by atoms with Crippen LogP contribution < -0.4 is 21.7 Å². The zero-order valence-electron chi connectivity index (χ0n) is 15.3. The Morgan fingerprint density at radius 2 is 1.48 bits per heavy atom. The van der Waals surface area contributed by atoms with Gasteiger partial charge in [0.15, 0.2) is 0 Å². The zero-order valence-corrected chi connectivity index (χ0v) is 16.2. The number of hydrogen-bond donors (Lipinski definition) is 7. The second kappa shape index (κ2) is 11.4. The Hall–Kier alpha value is -2.34. The Morgan fingerprint density at radius 3 is 1.89 bits per heavy atom. The maximum absolute atomic E-state index is 12.4. The van der Waals surface area contributed by atoms with Crippen LogP contribution in [0.5, 0.6) is 0 Å². The molecule has 3 amide bonds. The van der Waals surface area contributed by atoms with Crippen LogP contribution in [0.2, 0.25) is 0 Å². The van der Waals surface area contributed by atoms with E-state index in [1.54, 1.807) is 13.8 Å². The van der Waals surface area contributed by atoms with Crippen molar-refractivity contribution in [3.63, 3.8) is 0 Å². The SMILES string of the molecule is CC(NC(=O)C(NC(=O)C(CC(=O)O)NC(=O)C(N)CS)C(C)C)C(=O)O. The third kappa shape index (κ3) is 8.73. The normalized spacial score (nSPS) is 15.2. The first kappa shape index (κ1) is 24.7. The molecule has 154 valence electrons. The van der Waals surface area contributed by atoms with E-state index in [0.29, 0.717) is 0 Å². The fourth-order valence-electron chi connectivity index (χ4n) is 1.90. The number of carbonyl (C=O) groups is 5. The summed E-state index contributed by atoms with van der Waals surface area (Å²) in [6.07, 6.45) is -0.727. The molecule has 0 fully saturated rings. The fraction of sp³-hybridized carbons (Fsp3) is 0.667. The van der Waals surface area contributed by atoms with Crippen molar-refractivity contribution in [2.45, 2.75) is 51.4 Å². The number of nitrogens with one attached hydrogen (secondary N) is 3. The van der Waals surface area contributed by atoms with Gasteiger partial charge in [0.05, 0.1) is 12.5 Å². The Balaban J connectivity index is 5.26. The van der Waals surface area contributed by atoms with Crippen molar-refractivity contribution in [1.29, 1.82) is 0 Å². The van der Waals surface area contributed by atoms with E-state index in [-0.39, 0.29) is 5.75 Å². The predicted octanol–water partition coefficient (Wildman–Crippen LogP) is -2.07. The zero-order chi connectivity index (χ0) is 21.3. The Morgan fingerprint density at radius 1 is 0.926 bits per heavy atom. The molecule has 7 N–H and O–H groups in total. The molecule has 4 unspecified atom stereocenters. The third-order valence-electron chi connectivity index (χ3n) is 3.52. The number of carboxylic acids is 2. The summed E-state index contributed by atoms with van der Waals surface area (Å²) in [5.41, 5.74) is 5.49. The number of amides is 3. The summed E-state index contributed by atoms with van der Waals surface area (Å²) in [7, 11) is 0. The van der Waals surface area contributed by atoms with Crippen LogP contribution in [-0.4, -0.2) is 69.8 Å². The molecule has 0 radical (unpaired) electrons. The lowest BCUT2D eigenvalue weighted by Crippen LogP contribution is -2.58. The summed E-state index contributed by atoms with van der Waals surface area (Å²) in [5, 5.41) is 24.6. The lowest BCUT2D eigenvalue weighted by atomic mass is 10.0. The standard InChI is InChI=1S/C15H26N4O7S/c1-6(2)11(14(24)17-7(3)15(25)26)19-13(23)9(4-10(20)21)18-12(22)8(16)5-27/h6-9,11,27H,4-5,16H2,1-3H3,(H,17,24)(H,18,22)(H,19,23)(H,20,21)(H,25,26). The third-order valence-corrected chi connectivity index (χ3v) is 3.91. The number of nitrogens with two attached hydrogens (primary N) is 1. The molecular weight excluding hydrogens is 380 g/mol. The lowest BCUT2D eigenvalue weighted by Gasteiger charge is -2.26. The van der Waals surface area contributed by atoms with E-state index >= 15 is 0 Å². The molecule has 0 heterocycles. The summed E-state index contributed by atoms with van der Waals surface area (Å²) in [6, 6.07) is -4.82. The van der Waals surface area contributed by atoms with Crippen molar-refractivity contribution in [3.05, 3.63) is 0 Å². The molecule has 0 aliphatic heterocycles. The van der Waals surface area contributed by atoms with Crippen LogP contribution >= 0.6 is 12.6 Å². The molecule has 27 heavy (non-hydrogen) atoms. The Labute approximate surface area is 161 Å². The van der Waals surface area contributed by atoms with Crippen molar-refractivity contribution in [1.82, 2.24) is 16.0 Å². The highest BCUT2D eigenvalue weighted by Gasteiger charge is 2.31. The Bertz CT molecular complexity index is 585. The number of hydrogen-bond acceptors (Lipinski definition) is 7. The van der Waals surface area contributed by atoms with Gasteiger partial charge in [0, 0.05) is 5.75 Å². The number of aliphatic carboxylic acids is 2. The molecule has 0 aromatic carbocycles. The summed E-state index contributed by atoms with van der Waals surface area (Å²) in [4.78, 5) is 58.3. The molecule has 0 aromatic heterocycles. The van der Waals surface area contributed by atoms with Gasteiger partial charge in [-0.1, -0.05) is 13.8 Å². The molecule has 0 bridgehead atoms. The summed E-state index contributed by atoms with van der Waals surface area (Å²) >= 11 is 3.85. The minimum absolute atomic E-state index is 0.0165. The van der Waals surface area contributed by atoms with Crippen molar-refractivity contribution >= 4 is 42.3 Å². The van der Waals surface area contributed by atoms with Gasteiger partial charge in [-0.3, -0.25) is 24.0 Å². The average Bonchev–Trinajstić information content (AvgIpc) is 2.56. The topological polar surface area (TPSA) is 188 Å². The molecule has 0 rings (SSSR count). The van der Waals surface area contributed by atoms with Gasteiger partial charge >= 0.3 is 11.9 Å². The summed E-state index contributed by atoms with van der Waals surface area (Å²) < 4.78 is 0. The first-order valence-corrected chi connectivity index (χ1v) is 8.76. The molecule has 0 spiro atoms. The van der Waals surface area contributed by atoms with Crippen LogP contribution in [0, 0.1) is 5.92 Å². The molecule has 12 heteroatoms. The highest BCUT2D eigenvalue weighted by molar-refractivity contribution is 7.80. The van der Waals surface area contributed by atoms with E-state index in [2.05, 4.69) is 28.6 Å². The lowest BCUT2D eigenvalue weighted by molar-refractivity contribution is -0.143. The van der Waals surface area contributed by atoms with Crippen LogP contribution in [0.1, 0.15) is 27.2 Å². The highest BCUT2D eigenvalue weighted by Crippen LogP contribution is 2.05. The van der Waals surface area contributed by atoms with Gasteiger partial charge in [-0.2, -0.15) is 12.6 Å². The highest BCUT2D eigenvalue weighted by atomic mass is 32.1. The quantitative estimate of drug-likeness (QED) is 0.191. The smallest absolute Gasteiger partial charge is 0.325 e. The molecule has 4 atom stereocenters. The average molecular weight is 406 g/mol. The summed E-state index contributed by atoms with van der Waals surface area (Å²) in [5.74, 6) is -5.48. The minimum Gasteiger partial charge on any atom is -0.481 e. The van der Waals surface area contributed by atoms with E-state index in [0.717, 1.165) is 0 Å². The number of thiol groups is 1. The van der Waals surface area contributed by atoms with Crippen LogP contribution in [0.3, 0.4) is 0 Å². The molecule has 0 aliphatic carbocycles. The minimum atomic E-state index is -1.47. The van der Waals surface area contributed by atoms with E-state index in [9.17, 15) is 24.0 Å². The number of carbonyl (C=O) groups excluding carboxylic acids is 3. The molecule has 0 aliphatic rings. The van der Waals surface area contributed by atoms with Crippen molar-refractivity contribution in [3.8, 4) is 0 Å². The largest absolute Gasteiger partial charge is 0.481 e. The van der Waals surface area contributed by atoms with Crippen molar-refractivity contribution in [2.75, 3.05) is 5.75 Å². The van der Waals surface area contributed by atoms with Gasteiger partial charge < -0.3 is 31.9 Å². The van der Waals surface area contributed by atoms with E-state index in [1.165, 1.54) is 6.92 Å². The van der Waals surface area contributed by atoms with Gasteiger partial charge in [0.2, 0.25) is 17.7 Å². The number of carboxylic acid groups (broad SMARTS) is 2. The van der Waals surface area contributed by atoms with E-state index in [4.69, 9.17) is 15.9 Å². The van der Waals surface area contributed by atoms with Crippen LogP contribution in [-0.2, 0) is 24.0 Å². The maximum atomic E-state index is 12.4. The van der Waals surface area contributed by atoms with E-state index < -0.39 is 66.2 Å². The second-order valence-corrected chi connectivity index (χ2v) is 6.61. The van der Waals surface area contributed by atoms with E-state index in [1.807, 2.05) is 0 Å². The molecular formula is C15H26N4O7S. The maximum Gasteiger partial charge on any atom is 0.325 e. The van der Waals surface area contributed by atoms with Crippen LogP contribution in [0.15, 0.2) is 0 Å². The van der Waals surface area contributed by atoms with Crippen molar-refractivity contribution < 1.29 is 34.2 Å². The monoisotopic (exact) mass is 406 g/mol. The molecule has 11 nitrogen and oxygen atoms in total. The first-order chi connectivity index (χ1) is 12.4. The second-order valence-electron chi connectivity index (χ2n) is 6.25. The Kier molecular flexibility index (Phi) is 10.4. The molecule has 0 saturated heterocycles. The molecule has 0 aromatic rings. The van der Waals surface area contributed by atoms with Crippen LogP contribution in [0.4, 0.5) is 0 Å². The molecule has 0 saturated carbocycles. The summed E-state index contributed by atoms with van der Waals surface area (Å²) in [6.45, 7) is 4.47. The van der Waals surface area contributed by atoms with Gasteiger partial charge in [-0.25, -0.2) is 0 Å². The van der Waals surface area contributed by atoms with Gasteiger partial charge in [0.1, 0.15) is 18.1 Å². The van der Waals surface area contributed by atoms with Crippen LogP contribution in [0.25, 0.3) is 0 Å². The first-order valence-electron chi connectivity index (χ1n) is 8.12. The fourth-order valence-corrected chi connectivity index (χ4v) is 2.07. The predicted molar refractivity (Wildman–Crippen MR) is 98.0 cm³/mol. The van der Waals surface area contributed by atoms with Gasteiger partial charge in [-0.15, -0.1) is 0 Å². The van der Waals surface area contributed by atoms with Crippen molar-refractivity contribution in [2.24, 2.45) is 11.7 Å².